The van der Waals surface area contributed by atoms with Gasteiger partial charge in [-0.25, -0.2) is 0 Å². The second-order valence-electron chi connectivity index (χ2n) is 6.77. The first kappa shape index (κ1) is 20.4. The number of carbonyl (C=O) groups is 1. The number of benzene rings is 1. The second kappa shape index (κ2) is 8.47. The minimum Gasteiger partial charge on any atom is -0.451 e. The van der Waals surface area contributed by atoms with Crippen LogP contribution in [0.2, 0.25) is 0 Å². The molecule has 3 heterocycles. The van der Waals surface area contributed by atoms with Gasteiger partial charge in [0.25, 0.3) is 5.91 Å². The van der Waals surface area contributed by atoms with Crippen molar-refractivity contribution in [2.45, 2.75) is 19.1 Å². The molecule has 4 rings (SSSR count). The molecule has 0 atom stereocenters. The summed E-state index contributed by atoms with van der Waals surface area (Å²) in [4.78, 5) is 16.4. The summed E-state index contributed by atoms with van der Waals surface area (Å²) < 4.78 is 45.9. The Morgan fingerprint density at radius 3 is 2.65 bits per heavy atom. The lowest BCUT2D eigenvalue weighted by Gasteiger charge is -2.07. The molecule has 0 radical (unpaired) electrons. The standard InChI is InChI=1S/C22H17F3N4O2/c23-22(24,25)17-3-1-2-16(14-17)18-4-5-19(31-18)21(30)27-20-9-13-29(28-20)12-8-15-6-10-26-11-7-15/h1-7,9-11,13-14H,8,12H2,(H,27,28,30). The highest BCUT2D eigenvalue weighted by molar-refractivity contribution is 6.02. The molecule has 1 aromatic carbocycles. The molecular weight excluding hydrogens is 409 g/mol. The summed E-state index contributed by atoms with van der Waals surface area (Å²) in [5.74, 6) is -0.0627. The fourth-order valence-corrected chi connectivity index (χ4v) is 2.99. The molecule has 158 valence electrons. The summed E-state index contributed by atoms with van der Waals surface area (Å²) in [7, 11) is 0. The summed E-state index contributed by atoms with van der Waals surface area (Å²) in [6.45, 7) is 0.625. The Morgan fingerprint density at radius 2 is 1.87 bits per heavy atom. The van der Waals surface area contributed by atoms with Crippen LogP contribution in [0, 0.1) is 0 Å². The average molecular weight is 426 g/mol. The Bertz CT molecular complexity index is 1180. The number of amides is 1. The molecule has 0 saturated carbocycles. The van der Waals surface area contributed by atoms with Crippen LogP contribution in [0.25, 0.3) is 11.3 Å². The van der Waals surface area contributed by atoms with Gasteiger partial charge < -0.3 is 9.73 Å². The molecule has 1 N–H and O–H groups in total. The normalized spacial score (nSPS) is 11.5. The number of nitrogens with zero attached hydrogens (tertiary/aromatic N) is 3. The second-order valence-corrected chi connectivity index (χ2v) is 6.77. The predicted molar refractivity (Wildman–Crippen MR) is 107 cm³/mol. The third-order valence-corrected chi connectivity index (χ3v) is 4.57. The summed E-state index contributed by atoms with van der Waals surface area (Å²) >= 11 is 0. The quantitative estimate of drug-likeness (QED) is 0.468. The number of anilines is 1. The lowest BCUT2D eigenvalue weighted by Crippen LogP contribution is -2.12. The van der Waals surface area contributed by atoms with Crippen molar-refractivity contribution in [2.75, 3.05) is 5.32 Å². The largest absolute Gasteiger partial charge is 0.451 e. The van der Waals surface area contributed by atoms with E-state index in [1.165, 1.54) is 24.3 Å². The number of pyridine rings is 1. The van der Waals surface area contributed by atoms with Crippen molar-refractivity contribution >= 4 is 11.7 Å². The smallest absolute Gasteiger partial charge is 0.416 e. The number of halogens is 3. The van der Waals surface area contributed by atoms with Gasteiger partial charge in [-0.15, -0.1) is 0 Å². The number of hydrogen-bond donors (Lipinski definition) is 1. The van der Waals surface area contributed by atoms with E-state index >= 15 is 0 Å². The molecule has 6 nitrogen and oxygen atoms in total. The van der Waals surface area contributed by atoms with Gasteiger partial charge >= 0.3 is 6.18 Å². The van der Waals surface area contributed by atoms with Crippen molar-refractivity contribution < 1.29 is 22.4 Å². The Morgan fingerprint density at radius 1 is 1.06 bits per heavy atom. The van der Waals surface area contributed by atoms with E-state index in [1.807, 2.05) is 12.1 Å². The SMILES string of the molecule is O=C(Nc1ccn(CCc2ccncc2)n1)c1ccc(-c2cccc(C(F)(F)F)c2)o1. The number of aromatic nitrogens is 3. The number of carbonyl (C=O) groups excluding carboxylic acids is 1. The lowest BCUT2D eigenvalue weighted by atomic mass is 10.1. The average Bonchev–Trinajstić information content (AvgIpc) is 3.42. The number of nitrogens with one attached hydrogen (secondary N) is 1. The van der Waals surface area contributed by atoms with Crippen molar-refractivity contribution in [2.24, 2.45) is 0 Å². The molecule has 1 amide bonds. The molecule has 3 aromatic heterocycles. The van der Waals surface area contributed by atoms with Gasteiger partial charge in [-0.3, -0.25) is 14.5 Å². The van der Waals surface area contributed by atoms with Gasteiger partial charge in [0, 0.05) is 36.8 Å². The molecule has 0 unspecified atom stereocenters. The van der Waals surface area contributed by atoms with E-state index in [4.69, 9.17) is 4.42 Å². The van der Waals surface area contributed by atoms with Gasteiger partial charge in [0.05, 0.1) is 5.56 Å². The first-order valence-corrected chi connectivity index (χ1v) is 9.40. The van der Waals surface area contributed by atoms with E-state index in [0.29, 0.717) is 12.4 Å². The fraction of sp³-hybridized carbons (Fsp3) is 0.136. The van der Waals surface area contributed by atoms with Crippen LogP contribution in [0.5, 0.6) is 0 Å². The zero-order valence-electron chi connectivity index (χ0n) is 16.1. The Balaban J connectivity index is 1.40. The summed E-state index contributed by atoms with van der Waals surface area (Å²) in [5.41, 5.74) is 0.563. The maximum Gasteiger partial charge on any atom is 0.416 e. The van der Waals surface area contributed by atoms with Gasteiger partial charge in [0.2, 0.25) is 0 Å². The highest BCUT2D eigenvalue weighted by Crippen LogP contribution is 2.32. The first-order chi connectivity index (χ1) is 14.9. The molecule has 0 saturated heterocycles. The zero-order valence-corrected chi connectivity index (χ0v) is 16.1. The summed E-state index contributed by atoms with van der Waals surface area (Å²) in [6, 6.07) is 13.1. The lowest BCUT2D eigenvalue weighted by molar-refractivity contribution is -0.137. The molecular formula is C22H17F3N4O2. The van der Waals surface area contributed by atoms with E-state index in [-0.39, 0.29) is 17.1 Å². The maximum absolute atomic E-state index is 12.9. The van der Waals surface area contributed by atoms with Crippen molar-refractivity contribution in [3.8, 4) is 11.3 Å². The Hall–Kier alpha value is -3.88. The number of alkyl halides is 3. The zero-order chi connectivity index (χ0) is 21.8. The van der Waals surface area contributed by atoms with E-state index in [9.17, 15) is 18.0 Å². The van der Waals surface area contributed by atoms with Gasteiger partial charge in [0.15, 0.2) is 11.6 Å². The molecule has 0 aliphatic carbocycles. The highest BCUT2D eigenvalue weighted by Gasteiger charge is 2.30. The third kappa shape index (κ3) is 5.00. The fourth-order valence-electron chi connectivity index (χ4n) is 2.99. The van der Waals surface area contributed by atoms with Crippen LogP contribution in [0.15, 0.2) is 77.6 Å². The van der Waals surface area contributed by atoms with E-state index in [2.05, 4.69) is 15.4 Å². The van der Waals surface area contributed by atoms with Crippen LogP contribution in [-0.2, 0) is 19.1 Å². The molecule has 0 aliphatic rings. The van der Waals surface area contributed by atoms with Crippen molar-refractivity contribution in [3.63, 3.8) is 0 Å². The molecule has 0 fully saturated rings. The highest BCUT2D eigenvalue weighted by atomic mass is 19.4. The predicted octanol–water partition coefficient (Wildman–Crippen LogP) is 5.05. The number of rotatable bonds is 6. The van der Waals surface area contributed by atoms with Gasteiger partial charge in [-0.1, -0.05) is 12.1 Å². The van der Waals surface area contributed by atoms with Crippen LogP contribution in [0.1, 0.15) is 21.7 Å². The molecule has 0 spiro atoms. The monoisotopic (exact) mass is 426 g/mol. The number of furan rings is 1. The number of hydrogen-bond acceptors (Lipinski definition) is 4. The van der Waals surface area contributed by atoms with E-state index in [1.54, 1.807) is 29.3 Å². The van der Waals surface area contributed by atoms with Crippen LogP contribution < -0.4 is 5.32 Å². The van der Waals surface area contributed by atoms with Gasteiger partial charge in [-0.2, -0.15) is 18.3 Å². The Kier molecular flexibility index (Phi) is 5.57. The van der Waals surface area contributed by atoms with Crippen molar-refractivity contribution in [1.29, 1.82) is 0 Å². The van der Waals surface area contributed by atoms with Gasteiger partial charge in [-0.05, 0) is 48.4 Å². The van der Waals surface area contributed by atoms with Crippen LogP contribution in [0.4, 0.5) is 19.0 Å². The maximum atomic E-state index is 12.9. The van der Waals surface area contributed by atoms with Crippen LogP contribution in [0.3, 0.4) is 0 Å². The minimum absolute atomic E-state index is 0.0289. The topological polar surface area (TPSA) is 73.0 Å². The summed E-state index contributed by atoms with van der Waals surface area (Å²) in [5, 5.41) is 6.92. The van der Waals surface area contributed by atoms with Crippen molar-refractivity contribution in [1.82, 2.24) is 14.8 Å². The molecule has 9 heteroatoms. The third-order valence-electron chi connectivity index (χ3n) is 4.57. The molecule has 0 aliphatic heterocycles. The summed E-state index contributed by atoms with van der Waals surface area (Å²) in [6.07, 6.45) is 1.49. The molecule has 0 bridgehead atoms. The molecule has 4 aromatic rings. The van der Waals surface area contributed by atoms with Crippen LogP contribution >= 0.6 is 0 Å². The first-order valence-electron chi connectivity index (χ1n) is 9.40. The number of aryl methyl sites for hydroxylation is 2. The van der Waals surface area contributed by atoms with E-state index < -0.39 is 17.6 Å². The van der Waals surface area contributed by atoms with E-state index in [0.717, 1.165) is 24.1 Å². The van der Waals surface area contributed by atoms with Gasteiger partial charge in [0.1, 0.15) is 5.76 Å². The Labute approximate surface area is 175 Å². The van der Waals surface area contributed by atoms with Crippen molar-refractivity contribution in [3.05, 3.63) is 90.1 Å². The minimum atomic E-state index is -4.46. The molecule has 31 heavy (non-hydrogen) atoms. The van der Waals surface area contributed by atoms with Crippen LogP contribution in [-0.4, -0.2) is 20.7 Å².